The molecule has 0 saturated heterocycles. The predicted molar refractivity (Wildman–Crippen MR) is 75.0 cm³/mol. The molecule has 0 fully saturated rings. The van der Waals surface area contributed by atoms with E-state index in [1.807, 2.05) is 0 Å². The van der Waals surface area contributed by atoms with Crippen LogP contribution >= 0.6 is 0 Å². The molecule has 0 aliphatic heterocycles. The second kappa shape index (κ2) is 5.53. The van der Waals surface area contributed by atoms with Gasteiger partial charge in [0.1, 0.15) is 5.82 Å². The number of nitrogens with two attached hydrogens (primary N) is 1. The van der Waals surface area contributed by atoms with Crippen LogP contribution in [0.1, 0.15) is 41.5 Å². The van der Waals surface area contributed by atoms with E-state index >= 15 is 0 Å². The number of aryl methyl sites for hydroxylation is 2. The first kappa shape index (κ1) is 12.4. The first-order valence-corrected chi connectivity index (χ1v) is 7.05. The maximum atomic E-state index is 5.52. The molecule has 0 saturated carbocycles. The number of hydrogen-bond donors (Lipinski definition) is 2. The molecule has 1 atom stereocenters. The quantitative estimate of drug-likeness (QED) is 0.878. The molecule has 1 aromatic carbocycles. The Morgan fingerprint density at radius 1 is 1.26 bits per heavy atom. The minimum atomic E-state index is 0.456. The molecular formula is C15H20N4. The van der Waals surface area contributed by atoms with Crippen LogP contribution in [0.25, 0.3) is 0 Å². The van der Waals surface area contributed by atoms with Gasteiger partial charge in [-0.3, -0.25) is 5.10 Å². The van der Waals surface area contributed by atoms with Crippen molar-refractivity contribution in [2.75, 3.05) is 6.54 Å². The van der Waals surface area contributed by atoms with Crippen molar-refractivity contribution in [3.05, 3.63) is 47.0 Å². The van der Waals surface area contributed by atoms with E-state index < -0.39 is 0 Å². The Balaban J connectivity index is 1.72. The van der Waals surface area contributed by atoms with Gasteiger partial charge in [-0.05, 0) is 43.4 Å². The van der Waals surface area contributed by atoms with Gasteiger partial charge < -0.3 is 5.73 Å². The van der Waals surface area contributed by atoms with Gasteiger partial charge in [-0.1, -0.05) is 24.3 Å². The van der Waals surface area contributed by atoms with E-state index in [0.29, 0.717) is 12.5 Å². The summed E-state index contributed by atoms with van der Waals surface area (Å²) in [5.74, 6) is 2.40. The summed E-state index contributed by atoms with van der Waals surface area (Å²) in [6, 6.07) is 8.70. The van der Waals surface area contributed by atoms with E-state index in [2.05, 4.69) is 39.4 Å². The zero-order chi connectivity index (χ0) is 13.1. The molecule has 4 nitrogen and oxygen atoms in total. The van der Waals surface area contributed by atoms with Crippen LogP contribution in [0.3, 0.4) is 0 Å². The highest BCUT2D eigenvalue weighted by Gasteiger charge is 2.22. The summed E-state index contributed by atoms with van der Waals surface area (Å²) in [4.78, 5) is 4.62. The third-order valence-electron chi connectivity index (χ3n) is 3.88. The van der Waals surface area contributed by atoms with Crippen LogP contribution in [0, 0.1) is 0 Å². The minimum Gasteiger partial charge on any atom is -0.330 e. The summed E-state index contributed by atoms with van der Waals surface area (Å²) in [6.45, 7) is 0.701. The summed E-state index contributed by atoms with van der Waals surface area (Å²) in [6.07, 6.45) is 5.19. The number of aromatic nitrogens is 3. The summed E-state index contributed by atoms with van der Waals surface area (Å²) in [5, 5.41) is 7.43. The molecule has 2 aromatic rings. The summed E-state index contributed by atoms with van der Waals surface area (Å²) >= 11 is 0. The number of rotatable bonds is 4. The molecule has 1 aliphatic rings. The van der Waals surface area contributed by atoms with Crippen molar-refractivity contribution in [1.29, 1.82) is 0 Å². The van der Waals surface area contributed by atoms with E-state index in [1.165, 1.54) is 11.1 Å². The van der Waals surface area contributed by atoms with Crippen molar-refractivity contribution in [3.8, 4) is 0 Å². The van der Waals surface area contributed by atoms with Gasteiger partial charge in [-0.25, -0.2) is 4.98 Å². The molecule has 1 aromatic heterocycles. The fraction of sp³-hybridized carbons (Fsp3) is 0.467. The number of nitrogens with one attached hydrogen (secondary N) is 1. The average molecular weight is 256 g/mol. The van der Waals surface area contributed by atoms with Gasteiger partial charge in [-0.15, -0.1) is 0 Å². The Hall–Kier alpha value is -1.68. The third kappa shape index (κ3) is 2.68. The number of benzene rings is 1. The van der Waals surface area contributed by atoms with Crippen LogP contribution in [-0.2, 0) is 19.3 Å². The van der Waals surface area contributed by atoms with Crippen molar-refractivity contribution in [2.24, 2.45) is 5.73 Å². The molecule has 3 N–H and O–H groups in total. The van der Waals surface area contributed by atoms with Crippen molar-refractivity contribution in [2.45, 2.75) is 38.0 Å². The monoisotopic (exact) mass is 256 g/mol. The second-order valence-corrected chi connectivity index (χ2v) is 5.24. The smallest absolute Gasteiger partial charge is 0.154 e. The molecule has 100 valence electrons. The van der Waals surface area contributed by atoms with E-state index in [0.717, 1.165) is 43.8 Å². The van der Waals surface area contributed by atoms with Crippen LogP contribution in [0.4, 0.5) is 0 Å². The van der Waals surface area contributed by atoms with Crippen LogP contribution in [0.15, 0.2) is 24.3 Å². The molecule has 19 heavy (non-hydrogen) atoms. The highest BCUT2D eigenvalue weighted by Crippen LogP contribution is 2.30. The molecule has 4 heteroatoms. The molecule has 0 bridgehead atoms. The maximum Gasteiger partial charge on any atom is 0.154 e. The minimum absolute atomic E-state index is 0.456. The lowest BCUT2D eigenvalue weighted by Gasteiger charge is -2.22. The molecule has 1 aliphatic carbocycles. The Morgan fingerprint density at radius 3 is 2.95 bits per heavy atom. The summed E-state index contributed by atoms with van der Waals surface area (Å²) in [7, 11) is 0. The van der Waals surface area contributed by atoms with E-state index in [1.54, 1.807) is 0 Å². The normalized spacial score (nSPS) is 18.3. The number of aromatic amines is 1. The van der Waals surface area contributed by atoms with Crippen molar-refractivity contribution >= 4 is 0 Å². The van der Waals surface area contributed by atoms with Gasteiger partial charge in [-0.2, -0.15) is 5.10 Å². The van der Waals surface area contributed by atoms with Gasteiger partial charge in [0.15, 0.2) is 5.82 Å². The number of nitrogens with zero attached hydrogens (tertiary/aromatic N) is 2. The Morgan fingerprint density at radius 2 is 2.11 bits per heavy atom. The summed E-state index contributed by atoms with van der Waals surface area (Å²) < 4.78 is 0. The van der Waals surface area contributed by atoms with Crippen molar-refractivity contribution < 1.29 is 0 Å². The van der Waals surface area contributed by atoms with E-state index in [4.69, 9.17) is 5.73 Å². The lowest BCUT2D eigenvalue weighted by atomic mass is 9.83. The van der Waals surface area contributed by atoms with Crippen molar-refractivity contribution in [1.82, 2.24) is 15.2 Å². The van der Waals surface area contributed by atoms with Gasteiger partial charge >= 0.3 is 0 Å². The lowest BCUT2D eigenvalue weighted by Crippen LogP contribution is -2.13. The molecule has 1 heterocycles. The first-order chi connectivity index (χ1) is 9.36. The van der Waals surface area contributed by atoms with Gasteiger partial charge in [0.05, 0.1) is 0 Å². The van der Waals surface area contributed by atoms with Crippen LogP contribution < -0.4 is 5.73 Å². The third-order valence-corrected chi connectivity index (χ3v) is 3.88. The molecule has 3 rings (SSSR count). The standard InChI is InChI=1S/C15H20N4/c16-9-3-6-14-17-15(19-18-14)13-8-7-11-4-1-2-5-12(11)10-13/h1-2,4-5,13H,3,6-10,16H2,(H,17,18,19). The Bertz CT molecular complexity index is 547. The summed E-state index contributed by atoms with van der Waals surface area (Å²) in [5.41, 5.74) is 8.45. The van der Waals surface area contributed by atoms with E-state index in [-0.39, 0.29) is 0 Å². The van der Waals surface area contributed by atoms with Crippen LogP contribution in [-0.4, -0.2) is 21.7 Å². The number of hydrogen-bond acceptors (Lipinski definition) is 3. The van der Waals surface area contributed by atoms with Crippen LogP contribution in [0.5, 0.6) is 0 Å². The fourth-order valence-corrected chi connectivity index (χ4v) is 2.79. The predicted octanol–water partition coefficient (Wildman–Crippen LogP) is 1.97. The molecular weight excluding hydrogens is 236 g/mol. The zero-order valence-electron chi connectivity index (χ0n) is 11.1. The lowest BCUT2D eigenvalue weighted by molar-refractivity contribution is 0.556. The van der Waals surface area contributed by atoms with Gasteiger partial charge in [0.2, 0.25) is 0 Å². The molecule has 0 radical (unpaired) electrons. The largest absolute Gasteiger partial charge is 0.330 e. The highest BCUT2D eigenvalue weighted by molar-refractivity contribution is 5.31. The maximum absolute atomic E-state index is 5.52. The van der Waals surface area contributed by atoms with Gasteiger partial charge in [0, 0.05) is 12.3 Å². The Kier molecular flexibility index (Phi) is 3.60. The van der Waals surface area contributed by atoms with Crippen molar-refractivity contribution in [3.63, 3.8) is 0 Å². The van der Waals surface area contributed by atoms with Gasteiger partial charge in [0.25, 0.3) is 0 Å². The van der Waals surface area contributed by atoms with E-state index in [9.17, 15) is 0 Å². The second-order valence-electron chi connectivity index (χ2n) is 5.24. The van der Waals surface area contributed by atoms with Crippen LogP contribution in [0.2, 0.25) is 0 Å². The SMILES string of the molecule is NCCCc1nc(C2CCc3ccccc3C2)n[nH]1. The first-order valence-electron chi connectivity index (χ1n) is 7.05. The fourth-order valence-electron chi connectivity index (χ4n) is 2.79. The average Bonchev–Trinajstić information content (AvgIpc) is 2.93. The highest BCUT2D eigenvalue weighted by atomic mass is 15.2. The molecule has 0 amide bonds. The zero-order valence-corrected chi connectivity index (χ0v) is 11.1. The topological polar surface area (TPSA) is 67.6 Å². The Labute approximate surface area is 113 Å². The molecule has 0 spiro atoms. The molecule has 1 unspecified atom stereocenters. The number of fused-ring (bicyclic) bond motifs is 1. The number of H-pyrrole nitrogens is 1.